The standard InChI is InChI=1S/C16H25N3O3/c20-14(17-10-9-13-6-3-11-21-13)7-8-15-18-16(19-22-15)12-4-1-2-5-12/h12-13H,1-11H2,(H,17,20)/t13-/m1/s1. The van der Waals surface area contributed by atoms with E-state index in [0.29, 0.717) is 37.3 Å². The molecule has 1 aromatic heterocycles. The van der Waals surface area contributed by atoms with Gasteiger partial charge in [-0.25, -0.2) is 0 Å². The molecule has 1 atom stereocenters. The maximum Gasteiger partial charge on any atom is 0.227 e. The van der Waals surface area contributed by atoms with Gasteiger partial charge in [0.15, 0.2) is 5.82 Å². The Morgan fingerprint density at radius 3 is 2.86 bits per heavy atom. The summed E-state index contributed by atoms with van der Waals surface area (Å²) in [6, 6.07) is 0. The Morgan fingerprint density at radius 2 is 2.09 bits per heavy atom. The largest absolute Gasteiger partial charge is 0.378 e. The summed E-state index contributed by atoms with van der Waals surface area (Å²) in [5.74, 6) is 1.90. The van der Waals surface area contributed by atoms with Crippen LogP contribution in [0.2, 0.25) is 0 Å². The molecule has 1 aliphatic carbocycles. The highest BCUT2D eigenvalue weighted by Crippen LogP contribution is 2.32. The second kappa shape index (κ2) is 7.72. The van der Waals surface area contributed by atoms with Crippen LogP contribution in [0, 0.1) is 0 Å². The first-order valence-corrected chi connectivity index (χ1v) is 8.52. The lowest BCUT2D eigenvalue weighted by Crippen LogP contribution is -2.27. The van der Waals surface area contributed by atoms with Crippen molar-refractivity contribution in [1.82, 2.24) is 15.5 Å². The van der Waals surface area contributed by atoms with E-state index in [2.05, 4.69) is 15.5 Å². The zero-order valence-corrected chi connectivity index (χ0v) is 13.1. The van der Waals surface area contributed by atoms with Crippen molar-refractivity contribution in [3.05, 3.63) is 11.7 Å². The van der Waals surface area contributed by atoms with Gasteiger partial charge in [0.05, 0.1) is 6.10 Å². The van der Waals surface area contributed by atoms with Crippen molar-refractivity contribution in [2.24, 2.45) is 0 Å². The molecule has 6 heteroatoms. The predicted molar refractivity (Wildman–Crippen MR) is 80.4 cm³/mol. The Morgan fingerprint density at radius 1 is 1.23 bits per heavy atom. The lowest BCUT2D eigenvalue weighted by molar-refractivity contribution is -0.121. The average Bonchev–Trinajstić information content (AvgIpc) is 3.26. The number of nitrogens with zero attached hydrogens (tertiary/aromatic N) is 2. The maximum absolute atomic E-state index is 11.8. The number of nitrogens with one attached hydrogen (secondary N) is 1. The Labute approximate surface area is 131 Å². The van der Waals surface area contributed by atoms with Crippen molar-refractivity contribution in [2.75, 3.05) is 13.2 Å². The summed E-state index contributed by atoms with van der Waals surface area (Å²) < 4.78 is 10.8. The molecule has 22 heavy (non-hydrogen) atoms. The smallest absolute Gasteiger partial charge is 0.227 e. The van der Waals surface area contributed by atoms with Gasteiger partial charge < -0.3 is 14.6 Å². The molecule has 1 aliphatic heterocycles. The van der Waals surface area contributed by atoms with Crippen molar-refractivity contribution in [3.8, 4) is 0 Å². The molecule has 6 nitrogen and oxygen atoms in total. The molecule has 1 saturated carbocycles. The first-order chi connectivity index (χ1) is 10.8. The maximum atomic E-state index is 11.8. The third kappa shape index (κ3) is 4.29. The summed E-state index contributed by atoms with van der Waals surface area (Å²) in [7, 11) is 0. The zero-order valence-electron chi connectivity index (χ0n) is 13.1. The number of hydrogen-bond donors (Lipinski definition) is 1. The van der Waals surface area contributed by atoms with Crippen LogP contribution in [-0.2, 0) is 16.0 Å². The number of ether oxygens (including phenoxy) is 1. The molecule has 1 amide bonds. The molecule has 0 bridgehead atoms. The van der Waals surface area contributed by atoms with Gasteiger partial charge in [0, 0.05) is 31.9 Å². The van der Waals surface area contributed by atoms with Crippen LogP contribution >= 0.6 is 0 Å². The van der Waals surface area contributed by atoms with Crippen LogP contribution in [0.1, 0.15) is 69.0 Å². The molecule has 1 aromatic rings. The van der Waals surface area contributed by atoms with E-state index in [9.17, 15) is 4.79 Å². The molecular formula is C16H25N3O3. The monoisotopic (exact) mass is 307 g/mol. The number of amides is 1. The molecular weight excluding hydrogens is 282 g/mol. The fourth-order valence-electron chi connectivity index (χ4n) is 3.27. The Balaban J connectivity index is 1.33. The van der Waals surface area contributed by atoms with Crippen LogP contribution < -0.4 is 5.32 Å². The van der Waals surface area contributed by atoms with Crippen LogP contribution in [0.25, 0.3) is 0 Å². The first-order valence-electron chi connectivity index (χ1n) is 8.52. The lowest BCUT2D eigenvalue weighted by Gasteiger charge is -2.09. The minimum absolute atomic E-state index is 0.0404. The molecule has 1 N–H and O–H groups in total. The SMILES string of the molecule is O=C(CCc1nc(C2CCCC2)no1)NCC[C@H]1CCCO1. The molecule has 0 spiro atoms. The van der Waals surface area contributed by atoms with Gasteiger partial charge in [-0.1, -0.05) is 18.0 Å². The predicted octanol–water partition coefficient (Wildman–Crippen LogP) is 2.35. The van der Waals surface area contributed by atoms with Crippen LogP contribution in [0.15, 0.2) is 4.52 Å². The number of aryl methyl sites for hydroxylation is 1. The molecule has 1 saturated heterocycles. The lowest BCUT2D eigenvalue weighted by atomic mass is 10.1. The van der Waals surface area contributed by atoms with Gasteiger partial charge in [-0.3, -0.25) is 4.79 Å². The normalized spacial score (nSPS) is 22.3. The zero-order chi connectivity index (χ0) is 15.2. The number of carbonyl (C=O) groups excluding carboxylic acids is 1. The number of rotatable bonds is 7. The minimum Gasteiger partial charge on any atom is -0.378 e. The highest BCUT2D eigenvalue weighted by atomic mass is 16.5. The summed E-state index contributed by atoms with van der Waals surface area (Å²) in [5.41, 5.74) is 0. The van der Waals surface area contributed by atoms with Crippen LogP contribution in [0.4, 0.5) is 0 Å². The van der Waals surface area contributed by atoms with Gasteiger partial charge in [-0.15, -0.1) is 0 Å². The van der Waals surface area contributed by atoms with E-state index >= 15 is 0 Å². The van der Waals surface area contributed by atoms with Gasteiger partial charge in [0.1, 0.15) is 0 Å². The second-order valence-corrected chi connectivity index (χ2v) is 6.30. The molecule has 2 fully saturated rings. The summed E-state index contributed by atoms with van der Waals surface area (Å²) in [5, 5.41) is 6.99. The Hall–Kier alpha value is -1.43. The van der Waals surface area contributed by atoms with E-state index in [1.165, 1.54) is 12.8 Å². The summed E-state index contributed by atoms with van der Waals surface area (Å²) >= 11 is 0. The fourth-order valence-corrected chi connectivity index (χ4v) is 3.27. The van der Waals surface area contributed by atoms with Crippen molar-refractivity contribution in [2.45, 2.75) is 69.8 Å². The molecule has 3 rings (SSSR count). The molecule has 2 heterocycles. The molecule has 0 unspecified atom stereocenters. The van der Waals surface area contributed by atoms with E-state index in [-0.39, 0.29) is 5.91 Å². The molecule has 0 radical (unpaired) electrons. The second-order valence-electron chi connectivity index (χ2n) is 6.30. The van der Waals surface area contributed by atoms with Crippen molar-refractivity contribution >= 4 is 5.91 Å². The van der Waals surface area contributed by atoms with Gasteiger partial charge >= 0.3 is 0 Å². The van der Waals surface area contributed by atoms with E-state index < -0.39 is 0 Å². The van der Waals surface area contributed by atoms with Crippen molar-refractivity contribution in [1.29, 1.82) is 0 Å². The third-order valence-electron chi connectivity index (χ3n) is 4.58. The van der Waals surface area contributed by atoms with Crippen LogP contribution in [0.5, 0.6) is 0 Å². The van der Waals surface area contributed by atoms with Crippen LogP contribution in [-0.4, -0.2) is 35.3 Å². The summed E-state index contributed by atoms with van der Waals surface area (Å²) in [6.45, 7) is 1.54. The minimum atomic E-state index is 0.0404. The van der Waals surface area contributed by atoms with Gasteiger partial charge in [0.25, 0.3) is 0 Å². The summed E-state index contributed by atoms with van der Waals surface area (Å²) in [6.07, 6.45) is 9.21. The van der Waals surface area contributed by atoms with Gasteiger partial charge in [-0.05, 0) is 32.1 Å². The highest BCUT2D eigenvalue weighted by molar-refractivity contribution is 5.75. The average molecular weight is 307 g/mol. The molecule has 2 aliphatic rings. The van der Waals surface area contributed by atoms with E-state index in [4.69, 9.17) is 9.26 Å². The van der Waals surface area contributed by atoms with Crippen molar-refractivity contribution in [3.63, 3.8) is 0 Å². The number of carbonyl (C=O) groups is 1. The highest BCUT2D eigenvalue weighted by Gasteiger charge is 2.22. The van der Waals surface area contributed by atoms with Gasteiger partial charge in [-0.2, -0.15) is 4.98 Å². The molecule has 122 valence electrons. The topological polar surface area (TPSA) is 77.2 Å². The first kappa shape index (κ1) is 15.5. The van der Waals surface area contributed by atoms with E-state index in [0.717, 1.165) is 44.5 Å². The third-order valence-corrected chi connectivity index (χ3v) is 4.58. The summed E-state index contributed by atoms with van der Waals surface area (Å²) in [4.78, 5) is 16.2. The molecule has 0 aromatic carbocycles. The fraction of sp³-hybridized carbons (Fsp3) is 0.812. The number of hydrogen-bond acceptors (Lipinski definition) is 5. The van der Waals surface area contributed by atoms with E-state index in [1.807, 2.05) is 0 Å². The number of aromatic nitrogens is 2. The van der Waals surface area contributed by atoms with E-state index in [1.54, 1.807) is 0 Å². The van der Waals surface area contributed by atoms with Gasteiger partial charge in [0.2, 0.25) is 11.8 Å². The quantitative estimate of drug-likeness (QED) is 0.836. The Bertz CT molecular complexity index is 477. The van der Waals surface area contributed by atoms with Crippen molar-refractivity contribution < 1.29 is 14.1 Å². The van der Waals surface area contributed by atoms with Crippen LogP contribution in [0.3, 0.4) is 0 Å². The Kier molecular flexibility index (Phi) is 5.43.